The van der Waals surface area contributed by atoms with Gasteiger partial charge in [0.05, 0.1) is 0 Å². The number of hydrogen-bond acceptors (Lipinski definition) is 2. The number of benzene rings is 1. The molecule has 0 bridgehead atoms. The van der Waals surface area contributed by atoms with Gasteiger partial charge in [-0.25, -0.2) is 4.79 Å². The van der Waals surface area contributed by atoms with Crippen LogP contribution in [0.1, 0.15) is 18.9 Å². The van der Waals surface area contributed by atoms with Crippen LogP contribution in [0.5, 0.6) is 0 Å². The van der Waals surface area contributed by atoms with Gasteiger partial charge in [0, 0.05) is 37.3 Å². The maximum absolute atomic E-state index is 12.4. The van der Waals surface area contributed by atoms with Gasteiger partial charge in [0.1, 0.15) is 0 Å². The fourth-order valence-corrected chi connectivity index (χ4v) is 2.78. The molecule has 1 aromatic carbocycles. The van der Waals surface area contributed by atoms with E-state index in [1.807, 2.05) is 25.1 Å². The van der Waals surface area contributed by atoms with Crippen molar-refractivity contribution in [3.8, 4) is 0 Å². The Labute approximate surface area is 135 Å². The fourth-order valence-electron chi connectivity index (χ4n) is 2.49. The van der Waals surface area contributed by atoms with E-state index in [9.17, 15) is 9.59 Å². The largest absolute Gasteiger partial charge is 0.351 e. The lowest BCUT2D eigenvalue weighted by Gasteiger charge is -2.20. The van der Waals surface area contributed by atoms with Crippen LogP contribution in [0.2, 0.25) is 5.02 Å². The maximum Gasteiger partial charge on any atom is 0.314 e. The molecule has 1 aliphatic heterocycles. The molecule has 1 heterocycles. The molecule has 1 fully saturated rings. The lowest BCUT2D eigenvalue weighted by Crippen LogP contribution is -2.39. The lowest BCUT2D eigenvalue weighted by molar-refractivity contribution is -0.125. The summed E-state index contributed by atoms with van der Waals surface area (Å²) in [5.74, 6) is -0.0660. The Morgan fingerprint density at radius 2 is 1.77 bits per heavy atom. The Bertz CT molecular complexity index is 601. The van der Waals surface area contributed by atoms with Crippen LogP contribution in [-0.4, -0.2) is 47.9 Å². The molecule has 3 amide bonds. The van der Waals surface area contributed by atoms with Crippen molar-refractivity contribution in [2.24, 2.45) is 5.73 Å². The molecular formula is C16H20ClN3O2. The molecular weight excluding hydrogens is 302 g/mol. The van der Waals surface area contributed by atoms with Gasteiger partial charge in [0.25, 0.3) is 0 Å². The highest BCUT2D eigenvalue weighted by molar-refractivity contribution is 6.32. The van der Waals surface area contributed by atoms with Crippen molar-refractivity contribution in [3.05, 3.63) is 40.9 Å². The third-order valence-corrected chi connectivity index (χ3v) is 4.09. The minimum absolute atomic E-state index is 0.0660. The molecule has 2 N–H and O–H groups in total. The zero-order valence-corrected chi connectivity index (χ0v) is 13.3. The summed E-state index contributed by atoms with van der Waals surface area (Å²) in [6.45, 7) is 4.04. The highest BCUT2D eigenvalue weighted by Gasteiger charge is 2.19. The first-order valence-electron chi connectivity index (χ1n) is 7.25. The summed E-state index contributed by atoms with van der Waals surface area (Å²) >= 11 is 6.14. The van der Waals surface area contributed by atoms with E-state index in [4.69, 9.17) is 17.3 Å². The van der Waals surface area contributed by atoms with Crippen LogP contribution in [0, 0.1) is 0 Å². The molecule has 22 heavy (non-hydrogen) atoms. The van der Waals surface area contributed by atoms with Crippen molar-refractivity contribution >= 4 is 29.1 Å². The fraction of sp³-hybridized carbons (Fsp3) is 0.375. The summed E-state index contributed by atoms with van der Waals surface area (Å²) in [5.41, 5.74) is 6.97. The third-order valence-electron chi connectivity index (χ3n) is 3.76. The number of allylic oxidation sites excluding steroid dienone is 1. The number of amides is 3. The summed E-state index contributed by atoms with van der Waals surface area (Å²) in [6, 6.07) is 7.00. The van der Waals surface area contributed by atoms with E-state index in [0.29, 0.717) is 31.2 Å². The maximum atomic E-state index is 12.4. The quantitative estimate of drug-likeness (QED) is 0.850. The van der Waals surface area contributed by atoms with Gasteiger partial charge in [-0.05, 0) is 30.5 Å². The van der Waals surface area contributed by atoms with E-state index in [1.165, 1.54) is 0 Å². The van der Waals surface area contributed by atoms with Crippen LogP contribution in [-0.2, 0) is 4.79 Å². The van der Waals surface area contributed by atoms with Gasteiger partial charge in [0.15, 0.2) is 0 Å². The van der Waals surface area contributed by atoms with Crippen LogP contribution in [0.25, 0.3) is 5.57 Å². The summed E-state index contributed by atoms with van der Waals surface area (Å²) in [7, 11) is 0. The molecule has 6 heteroatoms. The van der Waals surface area contributed by atoms with Crippen LogP contribution in [0.15, 0.2) is 30.3 Å². The average Bonchev–Trinajstić information content (AvgIpc) is 2.73. The van der Waals surface area contributed by atoms with Gasteiger partial charge >= 0.3 is 6.03 Å². The molecule has 0 saturated carbocycles. The number of halogens is 1. The number of nitrogens with two attached hydrogens (primary N) is 1. The second kappa shape index (κ2) is 7.31. The second-order valence-corrected chi connectivity index (χ2v) is 5.72. The van der Waals surface area contributed by atoms with Gasteiger partial charge in [-0.15, -0.1) is 0 Å². The average molecular weight is 322 g/mol. The Balaban J connectivity index is 2.07. The minimum Gasteiger partial charge on any atom is -0.351 e. The predicted molar refractivity (Wildman–Crippen MR) is 87.5 cm³/mol. The minimum atomic E-state index is -0.433. The molecule has 0 radical (unpaired) electrons. The molecule has 0 aliphatic carbocycles. The van der Waals surface area contributed by atoms with Crippen molar-refractivity contribution in [1.29, 1.82) is 0 Å². The predicted octanol–water partition coefficient (Wildman–Crippen LogP) is 2.36. The van der Waals surface area contributed by atoms with E-state index < -0.39 is 6.03 Å². The van der Waals surface area contributed by atoms with Crippen molar-refractivity contribution in [2.75, 3.05) is 26.2 Å². The molecule has 1 aromatic rings. The lowest BCUT2D eigenvalue weighted by atomic mass is 10.1. The highest BCUT2D eigenvalue weighted by Crippen LogP contribution is 2.23. The number of hydrogen-bond donors (Lipinski definition) is 1. The van der Waals surface area contributed by atoms with Gasteiger partial charge in [-0.2, -0.15) is 0 Å². The van der Waals surface area contributed by atoms with Gasteiger partial charge in [-0.3, -0.25) is 4.79 Å². The zero-order valence-electron chi connectivity index (χ0n) is 12.6. The molecule has 118 valence electrons. The van der Waals surface area contributed by atoms with Crippen LogP contribution < -0.4 is 5.73 Å². The van der Waals surface area contributed by atoms with Crippen molar-refractivity contribution < 1.29 is 9.59 Å². The smallest absolute Gasteiger partial charge is 0.314 e. The number of nitrogens with zero attached hydrogens (tertiary/aromatic N) is 2. The number of urea groups is 1. The van der Waals surface area contributed by atoms with Gasteiger partial charge in [0.2, 0.25) is 5.91 Å². The first-order chi connectivity index (χ1) is 10.5. The number of rotatable bonds is 2. The molecule has 5 nitrogen and oxygen atoms in total. The van der Waals surface area contributed by atoms with Crippen LogP contribution in [0.3, 0.4) is 0 Å². The Morgan fingerprint density at radius 3 is 2.45 bits per heavy atom. The standard InChI is InChI=1S/C16H20ClN3O2/c1-12(13-5-2-3-6-14(13)17)11-15(21)19-7-4-8-20(10-9-19)16(18)22/h2-3,5-6,11H,4,7-10H2,1H3,(H2,18,22)/b12-11+. The van der Waals surface area contributed by atoms with Crippen LogP contribution in [0.4, 0.5) is 4.79 Å². The van der Waals surface area contributed by atoms with Gasteiger partial charge < -0.3 is 15.5 Å². The van der Waals surface area contributed by atoms with Gasteiger partial charge in [-0.1, -0.05) is 29.8 Å². The topological polar surface area (TPSA) is 66.6 Å². The number of primary amides is 1. The van der Waals surface area contributed by atoms with Crippen molar-refractivity contribution in [2.45, 2.75) is 13.3 Å². The first-order valence-corrected chi connectivity index (χ1v) is 7.63. The van der Waals surface area contributed by atoms with E-state index in [1.54, 1.807) is 21.9 Å². The Kier molecular flexibility index (Phi) is 5.44. The Hall–Kier alpha value is -2.01. The Morgan fingerprint density at radius 1 is 1.14 bits per heavy atom. The monoisotopic (exact) mass is 321 g/mol. The number of carbonyl (C=O) groups excluding carboxylic acids is 2. The summed E-state index contributed by atoms with van der Waals surface area (Å²) in [5, 5.41) is 0.625. The molecule has 1 saturated heterocycles. The zero-order chi connectivity index (χ0) is 16.1. The summed E-state index contributed by atoms with van der Waals surface area (Å²) in [4.78, 5) is 26.9. The molecule has 1 aliphatic rings. The molecule has 2 rings (SSSR count). The second-order valence-electron chi connectivity index (χ2n) is 5.31. The molecule has 0 atom stereocenters. The summed E-state index contributed by atoms with van der Waals surface area (Å²) < 4.78 is 0. The SMILES string of the molecule is C/C(=C\C(=O)N1CCCN(C(N)=O)CC1)c1ccccc1Cl. The van der Waals surface area contributed by atoms with E-state index in [2.05, 4.69) is 0 Å². The molecule has 0 spiro atoms. The van der Waals surface area contributed by atoms with Crippen molar-refractivity contribution in [1.82, 2.24) is 9.80 Å². The number of carbonyl (C=O) groups is 2. The highest BCUT2D eigenvalue weighted by atomic mass is 35.5. The molecule has 0 unspecified atom stereocenters. The normalized spacial score (nSPS) is 16.4. The van der Waals surface area contributed by atoms with Crippen LogP contribution >= 0.6 is 11.6 Å². The van der Waals surface area contributed by atoms with E-state index in [-0.39, 0.29) is 5.91 Å². The van der Waals surface area contributed by atoms with Crippen molar-refractivity contribution in [3.63, 3.8) is 0 Å². The first kappa shape index (κ1) is 16.4. The third kappa shape index (κ3) is 4.01. The summed E-state index contributed by atoms with van der Waals surface area (Å²) in [6.07, 6.45) is 2.33. The van der Waals surface area contributed by atoms with E-state index >= 15 is 0 Å². The van der Waals surface area contributed by atoms with E-state index in [0.717, 1.165) is 17.6 Å². The molecule has 0 aromatic heterocycles.